The van der Waals surface area contributed by atoms with Gasteiger partial charge in [0.05, 0.1) is 6.54 Å². The molecule has 0 radical (unpaired) electrons. The summed E-state index contributed by atoms with van der Waals surface area (Å²) in [5, 5.41) is 6.32. The van der Waals surface area contributed by atoms with Crippen LogP contribution in [0.1, 0.15) is 17.8 Å². The van der Waals surface area contributed by atoms with E-state index in [1.54, 1.807) is 7.05 Å². The molecular weight excluding hydrogens is 358 g/mol. The highest BCUT2D eigenvalue weighted by Gasteiger charge is 2.47. The fourth-order valence-corrected chi connectivity index (χ4v) is 4.97. The molecule has 1 aromatic heterocycles. The molecule has 0 bridgehead atoms. The van der Waals surface area contributed by atoms with Gasteiger partial charge in [0.15, 0.2) is 5.82 Å². The van der Waals surface area contributed by atoms with Gasteiger partial charge in [0, 0.05) is 26.7 Å². The molecular formula is C16H21N5O4S. The Morgan fingerprint density at radius 2 is 2.08 bits per heavy atom. The number of ether oxygens (including phenoxy) is 1. The maximum absolute atomic E-state index is 12.9. The Kier molecular flexibility index (Phi) is 4.22. The molecule has 1 atom stereocenters. The molecule has 9 nitrogen and oxygen atoms in total. The van der Waals surface area contributed by atoms with E-state index in [1.165, 1.54) is 13.2 Å². The van der Waals surface area contributed by atoms with Crippen molar-refractivity contribution in [2.45, 2.75) is 31.7 Å². The summed E-state index contributed by atoms with van der Waals surface area (Å²) in [5.41, 5.74) is -0.0392. The van der Waals surface area contributed by atoms with Crippen LogP contribution in [0.2, 0.25) is 0 Å². The van der Waals surface area contributed by atoms with Crippen LogP contribution in [-0.2, 0) is 34.6 Å². The van der Waals surface area contributed by atoms with Crippen molar-refractivity contribution in [3.63, 3.8) is 0 Å². The third kappa shape index (κ3) is 2.98. The fourth-order valence-electron chi connectivity index (χ4n) is 3.55. The number of H-pyrrole nitrogens is 1. The van der Waals surface area contributed by atoms with E-state index >= 15 is 0 Å². The molecule has 2 aliphatic rings. The minimum atomic E-state index is -3.61. The van der Waals surface area contributed by atoms with Crippen molar-refractivity contribution in [1.82, 2.24) is 23.4 Å². The van der Waals surface area contributed by atoms with Crippen LogP contribution in [0.15, 0.2) is 35.1 Å². The lowest BCUT2D eigenvalue weighted by Gasteiger charge is -2.33. The van der Waals surface area contributed by atoms with Crippen molar-refractivity contribution in [3.8, 4) is 0 Å². The number of aromatic nitrogens is 3. The van der Waals surface area contributed by atoms with E-state index in [9.17, 15) is 13.2 Å². The van der Waals surface area contributed by atoms with Crippen LogP contribution in [0.25, 0.3) is 0 Å². The number of aromatic amines is 1. The van der Waals surface area contributed by atoms with Gasteiger partial charge < -0.3 is 4.74 Å². The van der Waals surface area contributed by atoms with Gasteiger partial charge in [-0.05, 0) is 12.0 Å². The van der Waals surface area contributed by atoms with Gasteiger partial charge in [-0.2, -0.15) is 22.1 Å². The van der Waals surface area contributed by atoms with Gasteiger partial charge in [-0.3, -0.25) is 4.57 Å². The van der Waals surface area contributed by atoms with Crippen LogP contribution in [0.3, 0.4) is 0 Å². The number of hydrogen-bond acceptors (Lipinski definition) is 5. The molecule has 0 amide bonds. The second-order valence-electron chi connectivity index (χ2n) is 6.84. The second kappa shape index (κ2) is 6.31. The van der Waals surface area contributed by atoms with Crippen molar-refractivity contribution in [3.05, 3.63) is 52.2 Å². The molecule has 1 spiro atoms. The van der Waals surface area contributed by atoms with E-state index < -0.39 is 15.8 Å². The van der Waals surface area contributed by atoms with Crippen LogP contribution in [-0.4, -0.2) is 57.5 Å². The first kappa shape index (κ1) is 17.4. The maximum atomic E-state index is 12.9. The Labute approximate surface area is 151 Å². The summed E-state index contributed by atoms with van der Waals surface area (Å²) in [5.74, 6) is 0.545. The van der Waals surface area contributed by atoms with E-state index in [2.05, 4.69) is 10.2 Å². The number of fused-ring (bicyclic) bond motifs is 1. The van der Waals surface area contributed by atoms with Gasteiger partial charge in [0.1, 0.15) is 12.2 Å². The number of nitrogens with zero attached hydrogens (tertiary/aromatic N) is 4. The Morgan fingerprint density at radius 3 is 2.85 bits per heavy atom. The average Bonchev–Trinajstić information content (AvgIpc) is 3.21. The molecule has 1 aromatic carbocycles. The zero-order valence-electron chi connectivity index (χ0n) is 14.5. The summed E-state index contributed by atoms with van der Waals surface area (Å²) in [6, 6.07) is 9.46. The third-order valence-corrected chi connectivity index (χ3v) is 6.92. The minimum Gasteiger partial charge on any atom is -0.364 e. The molecule has 0 saturated carbocycles. The Balaban J connectivity index is 1.49. The number of benzene rings is 1. The summed E-state index contributed by atoms with van der Waals surface area (Å²) >= 11 is 0. The molecule has 0 aliphatic carbocycles. The van der Waals surface area contributed by atoms with Gasteiger partial charge >= 0.3 is 5.69 Å². The summed E-state index contributed by atoms with van der Waals surface area (Å²) in [7, 11) is -2.03. The van der Waals surface area contributed by atoms with Gasteiger partial charge in [-0.25, -0.2) is 9.89 Å². The number of nitrogens with one attached hydrogen (secondary N) is 1. The molecule has 1 unspecified atom stereocenters. The highest BCUT2D eigenvalue weighted by atomic mass is 32.2. The molecule has 140 valence electrons. The summed E-state index contributed by atoms with van der Waals surface area (Å²) in [6.07, 6.45) is 0.544. The predicted octanol–water partition coefficient (Wildman–Crippen LogP) is -0.0771. The first-order valence-electron chi connectivity index (χ1n) is 8.43. The standard InChI is InChI=1S/C16H21N5O4S/c1-19(9-13-5-3-2-4-6-13)26(23,24)20-8-7-16(11-20)12-21-14(10-25-16)17-18-15(21)22/h2-6H,7-12H2,1H3,(H,18,22). The average molecular weight is 379 g/mol. The lowest BCUT2D eigenvalue weighted by molar-refractivity contribution is -0.0801. The molecule has 2 aromatic rings. The molecule has 1 fully saturated rings. The summed E-state index contributed by atoms with van der Waals surface area (Å²) < 4.78 is 36.1. The minimum absolute atomic E-state index is 0.201. The van der Waals surface area contributed by atoms with Crippen molar-refractivity contribution in [2.75, 3.05) is 20.1 Å². The first-order valence-corrected chi connectivity index (χ1v) is 9.83. The summed E-state index contributed by atoms with van der Waals surface area (Å²) in [4.78, 5) is 11.8. The molecule has 26 heavy (non-hydrogen) atoms. The van der Waals surface area contributed by atoms with Crippen LogP contribution in [0, 0.1) is 0 Å². The van der Waals surface area contributed by atoms with E-state index in [1.807, 2.05) is 30.3 Å². The normalized spacial score (nSPS) is 23.6. The lowest BCUT2D eigenvalue weighted by Crippen LogP contribution is -2.48. The predicted molar refractivity (Wildman–Crippen MR) is 93.4 cm³/mol. The quantitative estimate of drug-likeness (QED) is 0.801. The van der Waals surface area contributed by atoms with Crippen molar-refractivity contribution in [2.24, 2.45) is 0 Å². The van der Waals surface area contributed by atoms with Crippen LogP contribution in [0.5, 0.6) is 0 Å². The molecule has 1 saturated heterocycles. The number of hydrogen-bond donors (Lipinski definition) is 1. The van der Waals surface area contributed by atoms with E-state index in [4.69, 9.17) is 4.74 Å². The van der Waals surface area contributed by atoms with Crippen molar-refractivity contribution >= 4 is 10.2 Å². The SMILES string of the molecule is CN(Cc1ccccc1)S(=O)(=O)N1CCC2(C1)Cn1c(n[nH]c1=O)CO2. The summed E-state index contributed by atoms with van der Waals surface area (Å²) in [6.45, 7) is 1.41. The van der Waals surface area contributed by atoms with Gasteiger partial charge in [0.25, 0.3) is 10.2 Å². The zero-order valence-corrected chi connectivity index (χ0v) is 15.3. The third-order valence-electron chi connectivity index (χ3n) is 5.04. The van der Waals surface area contributed by atoms with Crippen LogP contribution in [0.4, 0.5) is 0 Å². The van der Waals surface area contributed by atoms with Gasteiger partial charge in [-0.1, -0.05) is 30.3 Å². The largest absolute Gasteiger partial charge is 0.364 e. The van der Waals surface area contributed by atoms with E-state index in [-0.39, 0.29) is 18.8 Å². The highest BCUT2D eigenvalue weighted by molar-refractivity contribution is 7.86. The molecule has 3 heterocycles. The van der Waals surface area contributed by atoms with Gasteiger partial charge in [-0.15, -0.1) is 0 Å². The lowest BCUT2D eigenvalue weighted by atomic mass is 10.0. The smallest absolute Gasteiger partial charge is 0.343 e. The Bertz CT molecular complexity index is 955. The number of rotatable bonds is 4. The topological polar surface area (TPSA) is 101 Å². The Morgan fingerprint density at radius 1 is 1.31 bits per heavy atom. The van der Waals surface area contributed by atoms with Crippen LogP contribution >= 0.6 is 0 Å². The fraction of sp³-hybridized carbons (Fsp3) is 0.500. The van der Waals surface area contributed by atoms with Gasteiger partial charge in [0.2, 0.25) is 0 Å². The molecule has 1 N–H and O–H groups in total. The molecule has 10 heteroatoms. The van der Waals surface area contributed by atoms with Crippen molar-refractivity contribution in [1.29, 1.82) is 0 Å². The maximum Gasteiger partial charge on any atom is 0.343 e. The van der Waals surface area contributed by atoms with Crippen molar-refractivity contribution < 1.29 is 13.2 Å². The monoisotopic (exact) mass is 379 g/mol. The molecule has 2 aliphatic heterocycles. The van der Waals surface area contributed by atoms with Crippen LogP contribution < -0.4 is 5.69 Å². The van der Waals surface area contributed by atoms with E-state index in [0.29, 0.717) is 31.9 Å². The zero-order chi connectivity index (χ0) is 18.4. The second-order valence-corrected chi connectivity index (χ2v) is 8.87. The molecule has 4 rings (SSSR count). The first-order chi connectivity index (χ1) is 12.4. The Hall–Kier alpha value is -2.01. The van der Waals surface area contributed by atoms with E-state index in [0.717, 1.165) is 5.56 Å². The highest BCUT2D eigenvalue weighted by Crippen LogP contribution is 2.33.